The first-order chi connectivity index (χ1) is 7.37. The lowest BCUT2D eigenvalue weighted by atomic mass is 10.00. The van der Waals surface area contributed by atoms with Crippen molar-refractivity contribution in [1.82, 2.24) is 10.2 Å². The lowest BCUT2D eigenvalue weighted by molar-refractivity contribution is -0.116. The van der Waals surface area contributed by atoms with Crippen molar-refractivity contribution in [2.24, 2.45) is 5.73 Å². The van der Waals surface area contributed by atoms with Gasteiger partial charge < -0.3 is 11.1 Å². The Balaban J connectivity index is 2.46. The summed E-state index contributed by atoms with van der Waals surface area (Å²) in [4.78, 5) is 22.2. The minimum Gasteiger partial charge on any atom is -0.326 e. The third-order valence-electron chi connectivity index (χ3n) is 1.94. The molecule has 0 atom stereocenters. The molecule has 0 aliphatic heterocycles. The van der Waals surface area contributed by atoms with E-state index in [0.717, 1.165) is 0 Å². The molecule has 0 aliphatic carbocycles. The van der Waals surface area contributed by atoms with Gasteiger partial charge in [-0.15, -0.1) is 0 Å². The van der Waals surface area contributed by atoms with Gasteiger partial charge in [0.25, 0.3) is 5.56 Å². The van der Waals surface area contributed by atoms with Gasteiger partial charge in [-0.3, -0.25) is 9.59 Å². The predicted molar refractivity (Wildman–Crippen MR) is 61.0 cm³/mol. The number of nitrogens with one attached hydrogen (secondary N) is 2. The molecular weight excluding hydrogens is 208 g/mol. The van der Waals surface area contributed by atoms with E-state index in [4.69, 9.17) is 5.73 Å². The maximum atomic E-state index is 11.4. The second-order valence-electron chi connectivity index (χ2n) is 4.34. The number of H-pyrrole nitrogens is 1. The molecule has 1 aromatic heterocycles. The second kappa shape index (κ2) is 4.89. The zero-order valence-electron chi connectivity index (χ0n) is 9.41. The van der Waals surface area contributed by atoms with Crippen molar-refractivity contribution >= 4 is 11.7 Å². The van der Waals surface area contributed by atoms with Crippen LogP contribution in [0.4, 0.5) is 5.82 Å². The van der Waals surface area contributed by atoms with Crippen LogP contribution in [-0.4, -0.2) is 21.6 Å². The van der Waals surface area contributed by atoms with E-state index < -0.39 is 0 Å². The number of nitrogens with zero attached hydrogens (tertiary/aromatic N) is 1. The Hall–Kier alpha value is -1.69. The van der Waals surface area contributed by atoms with Gasteiger partial charge in [-0.25, -0.2) is 5.10 Å². The predicted octanol–water partition coefficient (Wildman–Crippen LogP) is 0.226. The lowest BCUT2D eigenvalue weighted by Gasteiger charge is -2.17. The second-order valence-corrected chi connectivity index (χ2v) is 4.34. The summed E-state index contributed by atoms with van der Waals surface area (Å²) in [7, 11) is 0. The number of hydrogen-bond acceptors (Lipinski definition) is 4. The van der Waals surface area contributed by atoms with E-state index in [-0.39, 0.29) is 17.0 Å². The first-order valence-corrected chi connectivity index (χ1v) is 5.01. The summed E-state index contributed by atoms with van der Waals surface area (Å²) in [5, 5.41) is 8.46. The van der Waals surface area contributed by atoms with Crippen molar-refractivity contribution in [3.63, 3.8) is 0 Å². The molecule has 4 N–H and O–H groups in total. The molecule has 0 radical (unpaired) electrons. The summed E-state index contributed by atoms with van der Waals surface area (Å²) < 4.78 is 0. The first-order valence-electron chi connectivity index (χ1n) is 5.01. The third kappa shape index (κ3) is 4.70. The standard InChI is InChI=1S/C10H16N4O2/c1-10(2,11)6-5-8(15)12-7-3-4-9(16)14-13-7/h3-4H,5-6,11H2,1-2H3,(H,14,16)(H,12,13,15). The fourth-order valence-electron chi connectivity index (χ4n) is 1.06. The molecule has 1 amide bonds. The number of nitrogens with two attached hydrogens (primary N) is 1. The van der Waals surface area contributed by atoms with Gasteiger partial charge >= 0.3 is 0 Å². The highest BCUT2D eigenvalue weighted by atomic mass is 16.1. The van der Waals surface area contributed by atoms with Gasteiger partial charge in [0.2, 0.25) is 5.91 Å². The Labute approximate surface area is 93.2 Å². The van der Waals surface area contributed by atoms with Crippen LogP contribution in [0, 0.1) is 0 Å². The number of aromatic nitrogens is 2. The zero-order chi connectivity index (χ0) is 12.2. The Morgan fingerprint density at radius 2 is 2.25 bits per heavy atom. The largest absolute Gasteiger partial charge is 0.326 e. The van der Waals surface area contributed by atoms with Crippen LogP contribution in [0.1, 0.15) is 26.7 Å². The van der Waals surface area contributed by atoms with Crippen LogP contribution < -0.4 is 16.6 Å². The van der Waals surface area contributed by atoms with E-state index in [1.807, 2.05) is 13.8 Å². The number of aromatic amines is 1. The van der Waals surface area contributed by atoms with Crippen molar-refractivity contribution in [1.29, 1.82) is 0 Å². The number of hydrogen-bond donors (Lipinski definition) is 3. The molecule has 6 nitrogen and oxygen atoms in total. The van der Waals surface area contributed by atoms with E-state index in [1.165, 1.54) is 12.1 Å². The minimum absolute atomic E-state index is 0.168. The van der Waals surface area contributed by atoms with Crippen LogP contribution in [0.5, 0.6) is 0 Å². The van der Waals surface area contributed by atoms with Crippen LogP contribution >= 0.6 is 0 Å². The van der Waals surface area contributed by atoms with Gasteiger partial charge in [0, 0.05) is 18.0 Å². The molecular formula is C10H16N4O2. The third-order valence-corrected chi connectivity index (χ3v) is 1.94. The number of rotatable bonds is 4. The molecule has 0 aromatic carbocycles. The van der Waals surface area contributed by atoms with Crippen LogP contribution in [0.25, 0.3) is 0 Å². The van der Waals surface area contributed by atoms with Crippen molar-refractivity contribution in [3.8, 4) is 0 Å². The highest BCUT2D eigenvalue weighted by molar-refractivity contribution is 5.89. The average molecular weight is 224 g/mol. The van der Waals surface area contributed by atoms with Crippen molar-refractivity contribution in [2.45, 2.75) is 32.2 Å². The fraction of sp³-hybridized carbons (Fsp3) is 0.500. The highest BCUT2D eigenvalue weighted by Gasteiger charge is 2.13. The van der Waals surface area contributed by atoms with Gasteiger partial charge in [-0.2, -0.15) is 5.10 Å². The first kappa shape index (κ1) is 12.4. The Morgan fingerprint density at radius 3 is 2.75 bits per heavy atom. The van der Waals surface area contributed by atoms with Crippen LogP contribution in [-0.2, 0) is 4.79 Å². The van der Waals surface area contributed by atoms with E-state index >= 15 is 0 Å². The SMILES string of the molecule is CC(C)(N)CCC(=O)Nc1ccc(=O)[nH]n1. The molecule has 0 fully saturated rings. The van der Waals surface area contributed by atoms with E-state index in [1.54, 1.807) is 0 Å². The summed E-state index contributed by atoms with van der Waals surface area (Å²) in [6, 6.07) is 2.75. The molecule has 0 spiro atoms. The Bertz CT molecular complexity index is 399. The average Bonchev–Trinajstić information content (AvgIpc) is 2.18. The van der Waals surface area contributed by atoms with Crippen LogP contribution in [0.2, 0.25) is 0 Å². The number of anilines is 1. The smallest absolute Gasteiger partial charge is 0.264 e. The van der Waals surface area contributed by atoms with Gasteiger partial charge in [0.15, 0.2) is 5.82 Å². The Kier molecular flexibility index (Phi) is 3.78. The molecule has 0 aliphatic rings. The van der Waals surface area contributed by atoms with E-state index in [0.29, 0.717) is 18.7 Å². The summed E-state index contributed by atoms with van der Waals surface area (Å²) in [6.07, 6.45) is 0.909. The molecule has 6 heteroatoms. The molecule has 1 rings (SSSR count). The maximum Gasteiger partial charge on any atom is 0.264 e. The summed E-state index contributed by atoms with van der Waals surface area (Å²) in [6.45, 7) is 3.72. The molecule has 0 unspecified atom stereocenters. The fourth-order valence-corrected chi connectivity index (χ4v) is 1.06. The van der Waals surface area contributed by atoms with Crippen molar-refractivity contribution < 1.29 is 4.79 Å². The molecule has 88 valence electrons. The van der Waals surface area contributed by atoms with Crippen LogP contribution in [0.3, 0.4) is 0 Å². The zero-order valence-corrected chi connectivity index (χ0v) is 9.41. The van der Waals surface area contributed by atoms with Gasteiger partial charge in [-0.05, 0) is 26.3 Å². The van der Waals surface area contributed by atoms with E-state index in [9.17, 15) is 9.59 Å². The molecule has 16 heavy (non-hydrogen) atoms. The number of carbonyl (C=O) groups is 1. The molecule has 0 bridgehead atoms. The van der Waals surface area contributed by atoms with Gasteiger partial charge in [-0.1, -0.05) is 0 Å². The topological polar surface area (TPSA) is 101 Å². The van der Waals surface area contributed by atoms with Crippen LogP contribution in [0.15, 0.2) is 16.9 Å². The van der Waals surface area contributed by atoms with Crippen molar-refractivity contribution in [3.05, 3.63) is 22.5 Å². The maximum absolute atomic E-state index is 11.4. The summed E-state index contributed by atoms with van der Waals surface area (Å²) >= 11 is 0. The highest BCUT2D eigenvalue weighted by Crippen LogP contribution is 2.08. The monoisotopic (exact) mass is 224 g/mol. The molecule has 0 saturated heterocycles. The van der Waals surface area contributed by atoms with E-state index in [2.05, 4.69) is 15.5 Å². The molecule has 0 saturated carbocycles. The Morgan fingerprint density at radius 1 is 1.56 bits per heavy atom. The molecule has 1 heterocycles. The lowest BCUT2D eigenvalue weighted by Crippen LogP contribution is -2.33. The number of carbonyl (C=O) groups excluding carboxylic acids is 1. The van der Waals surface area contributed by atoms with Gasteiger partial charge in [0.05, 0.1) is 0 Å². The summed E-state index contributed by atoms with van der Waals surface area (Å²) in [5.41, 5.74) is 5.08. The van der Waals surface area contributed by atoms with Crippen molar-refractivity contribution in [2.75, 3.05) is 5.32 Å². The minimum atomic E-state index is -0.365. The quantitative estimate of drug-likeness (QED) is 0.681. The number of amides is 1. The molecule has 1 aromatic rings. The normalized spacial score (nSPS) is 11.2. The summed E-state index contributed by atoms with van der Waals surface area (Å²) in [5.74, 6) is 0.164. The van der Waals surface area contributed by atoms with Gasteiger partial charge in [0.1, 0.15) is 0 Å².